The number of hydrogen-bond donors (Lipinski definition) is 6. The van der Waals surface area contributed by atoms with E-state index in [1.54, 1.807) is 21.1 Å². The molecule has 0 radical (unpaired) electrons. The molecule has 15 heteroatoms. The third kappa shape index (κ3) is 6.09. The van der Waals surface area contributed by atoms with Crippen molar-refractivity contribution in [3.05, 3.63) is 0 Å². The van der Waals surface area contributed by atoms with Crippen molar-refractivity contribution in [3.63, 3.8) is 0 Å². The summed E-state index contributed by atoms with van der Waals surface area (Å²) in [6, 6.07) is -0.155. The zero-order valence-corrected chi connectivity index (χ0v) is 24.3. The highest BCUT2D eigenvalue weighted by molar-refractivity contribution is 5.66. The van der Waals surface area contributed by atoms with Gasteiger partial charge in [-0.3, -0.25) is 10.1 Å². The molecular weight excluding hydrogens is 562 g/mol. The fraction of sp³-hybridized carbons (Fsp3) is 0.963. The zero-order chi connectivity index (χ0) is 30.3. The maximum Gasteiger partial charge on any atom is 0.303 e. The van der Waals surface area contributed by atoms with Crippen LogP contribution >= 0.6 is 0 Å². The smallest absolute Gasteiger partial charge is 0.303 e. The standard InChI is InChI=1S/C27H45NO14/c1-10-17(31)23(42-26-20(34)19(33)18(32)15(9-29)41-26)24(39-11(2)30)27(38-10)40-14-6-5-12-16(22(14)36-4)28-25-13(7-8-37-25)21(12)35-3/h10,12-29,31-34H,5-9H2,1-4H3. The van der Waals surface area contributed by atoms with Crippen molar-refractivity contribution in [1.82, 2.24) is 5.32 Å². The average molecular weight is 608 g/mol. The number of hydrogen-bond acceptors (Lipinski definition) is 15. The van der Waals surface area contributed by atoms with E-state index in [0.29, 0.717) is 13.0 Å². The Kier molecular flexibility index (Phi) is 10.4. The molecule has 5 fully saturated rings. The van der Waals surface area contributed by atoms with Gasteiger partial charge in [-0.05, 0) is 26.2 Å². The molecule has 15 nitrogen and oxygen atoms in total. The minimum Gasteiger partial charge on any atom is -0.454 e. The molecule has 4 saturated heterocycles. The fourth-order valence-electron chi connectivity index (χ4n) is 7.25. The summed E-state index contributed by atoms with van der Waals surface area (Å²) >= 11 is 0. The minimum absolute atomic E-state index is 0.00596. The summed E-state index contributed by atoms with van der Waals surface area (Å²) in [4.78, 5) is 12.2. The number of esters is 1. The first-order chi connectivity index (χ1) is 20.1. The van der Waals surface area contributed by atoms with Gasteiger partial charge in [-0.2, -0.15) is 0 Å². The molecule has 5 rings (SSSR count). The lowest BCUT2D eigenvalue weighted by atomic mass is 9.70. The monoisotopic (exact) mass is 607 g/mol. The van der Waals surface area contributed by atoms with E-state index in [0.717, 1.165) is 12.8 Å². The van der Waals surface area contributed by atoms with Gasteiger partial charge in [-0.15, -0.1) is 0 Å². The lowest BCUT2D eigenvalue weighted by Crippen LogP contribution is -2.68. The summed E-state index contributed by atoms with van der Waals surface area (Å²) < 4.78 is 47.2. The van der Waals surface area contributed by atoms with Gasteiger partial charge in [0.15, 0.2) is 18.7 Å². The fourth-order valence-corrected chi connectivity index (χ4v) is 7.25. The molecule has 0 bridgehead atoms. The van der Waals surface area contributed by atoms with Crippen molar-refractivity contribution >= 4 is 5.97 Å². The second-order valence-corrected chi connectivity index (χ2v) is 11.8. The lowest BCUT2D eigenvalue weighted by Gasteiger charge is -2.52. The molecule has 6 N–H and O–H groups in total. The van der Waals surface area contributed by atoms with Crippen molar-refractivity contribution in [2.45, 2.75) is 125 Å². The SMILES string of the molecule is COC1C2CCOC2NC2C1CCC(OC1OC(C)C(O)C(OC3OC(CO)C(O)C(O)C3O)C1OC(C)=O)C2OC. The third-order valence-corrected chi connectivity index (χ3v) is 9.36. The normalized spacial score (nSPS) is 51.0. The van der Waals surface area contributed by atoms with Gasteiger partial charge in [0.25, 0.3) is 0 Å². The Labute approximate surface area is 244 Å². The second kappa shape index (κ2) is 13.5. The molecular formula is C27H45NO14. The first kappa shape index (κ1) is 32.3. The van der Waals surface area contributed by atoms with Crippen LogP contribution in [0.15, 0.2) is 0 Å². The largest absolute Gasteiger partial charge is 0.454 e. The predicted molar refractivity (Wildman–Crippen MR) is 138 cm³/mol. The van der Waals surface area contributed by atoms with Crippen LogP contribution in [0.25, 0.3) is 0 Å². The van der Waals surface area contributed by atoms with Crippen LogP contribution < -0.4 is 5.32 Å². The predicted octanol–water partition coefficient (Wildman–Crippen LogP) is -2.63. The molecule has 242 valence electrons. The first-order valence-electron chi connectivity index (χ1n) is 14.6. The molecule has 42 heavy (non-hydrogen) atoms. The quantitative estimate of drug-likeness (QED) is 0.156. The van der Waals surface area contributed by atoms with Crippen LogP contribution in [-0.4, -0.2) is 151 Å². The molecule has 4 heterocycles. The number of aliphatic hydroxyl groups excluding tert-OH is 5. The molecule has 0 amide bonds. The van der Waals surface area contributed by atoms with Crippen LogP contribution in [-0.2, 0) is 42.7 Å². The Hall–Kier alpha value is -1.05. The lowest BCUT2D eigenvalue weighted by molar-refractivity contribution is -0.364. The number of nitrogens with one attached hydrogen (secondary N) is 1. The third-order valence-electron chi connectivity index (χ3n) is 9.36. The maximum absolute atomic E-state index is 12.2. The van der Waals surface area contributed by atoms with Gasteiger partial charge in [0.05, 0.1) is 31.0 Å². The number of carbonyl (C=O) groups is 1. The Balaban J connectivity index is 1.35. The van der Waals surface area contributed by atoms with Crippen molar-refractivity contribution < 1.29 is 68.2 Å². The molecule has 0 aromatic rings. The Bertz CT molecular complexity index is 912. The van der Waals surface area contributed by atoms with Crippen molar-refractivity contribution in [2.24, 2.45) is 11.8 Å². The number of ether oxygens (including phenoxy) is 8. The van der Waals surface area contributed by atoms with E-state index in [1.807, 2.05) is 0 Å². The number of piperidine rings is 1. The number of methoxy groups -OCH3 is 2. The van der Waals surface area contributed by atoms with E-state index in [9.17, 15) is 30.3 Å². The maximum atomic E-state index is 12.2. The van der Waals surface area contributed by atoms with Gasteiger partial charge in [0.1, 0.15) is 42.9 Å². The van der Waals surface area contributed by atoms with Crippen LogP contribution in [0, 0.1) is 11.8 Å². The Morgan fingerprint density at radius 3 is 2.24 bits per heavy atom. The highest BCUT2D eigenvalue weighted by Gasteiger charge is 2.56. The highest BCUT2D eigenvalue weighted by atomic mass is 16.8. The summed E-state index contributed by atoms with van der Waals surface area (Å²) in [7, 11) is 3.31. The van der Waals surface area contributed by atoms with Gasteiger partial charge in [-0.25, -0.2) is 0 Å². The average Bonchev–Trinajstić information content (AvgIpc) is 3.44. The van der Waals surface area contributed by atoms with Crippen LogP contribution in [0.5, 0.6) is 0 Å². The second-order valence-electron chi connectivity index (χ2n) is 11.8. The molecule has 17 atom stereocenters. The topological polar surface area (TPSA) is 204 Å². The van der Waals surface area contributed by atoms with Gasteiger partial charge in [0, 0.05) is 45.6 Å². The molecule has 1 aliphatic carbocycles. The Morgan fingerprint density at radius 2 is 1.57 bits per heavy atom. The van der Waals surface area contributed by atoms with Gasteiger partial charge in [-0.1, -0.05) is 0 Å². The highest BCUT2D eigenvalue weighted by Crippen LogP contribution is 2.43. The first-order valence-corrected chi connectivity index (χ1v) is 14.6. The zero-order valence-electron chi connectivity index (χ0n) is 24.3. The summed E-state index contributed by atoms with van der Waals surface area (Å²) in [5.41, 5.74) is 0. The molecule has 0 aromatic heterocycles. The molecule has 4 aliphatic heterocycles. The van der Waals surface area contributed by atoms with Gasteiger partial charge < -0.3 is 63.4 Å². The van der Waals surface area contributed by atoms with Crippen molar-refractivity contribution in [3.8, 4) is 0 Å². The Morgan fingerprint density at radius 1 is 0.833 bits per heavy atom. The molecule has 0 spiro atoms. The molecule has 1 saturated carbocycles. The van der Waals surface area contributed by atoms with Crippen LogP contribution in [0.4, 0.5) is 0 Å². The minimum atomic E-state index is -1.73. The summed E-state index contributed by atoms with van der Waals surface area (Å²) in [6.45, 7) is 2.76. The summed E-state index contributed by atoms with van der Waals surface area (Å²) in [6.07, 6.45) is -12.8. The van der Waals surface area contributed by atoms with E-state index < -0.39 is 86.2 Å². The van der Waals surface area contributed by atoms with E-state index in [2.05, 4.69) is 5.32 Å². The molecule has 17 unspecified atom stereocenters. The number of rotatable bonds is 8. The van der Waals surface area contributed by atoms with E-state index in [4.69, 9.17) is 37.9 Å². The summed E-state index contributed by atoms with van der Waals surface area (Å²) in [5, 5.41) is 55.1. The number of aliphatic hydroxyl groups is 5. The number of fused-ring (bicyclic) bond motifs is 2. The number of carbonyl (C=O) groups excluding carboxylic acids is 1. The van der Waals surface area contributed by atoms with Crippen LogP contribution in [0.3, 0.4) is 0 Å². The molecule has 5 aliphatic rings. The molecule has 0 aromatic carbocycles. The van der Waals surface area contributed by atoms with Crippen molar-refractivity contribution in [1.29, 1.82) is 0 Å². The van der Waals surface area contributed by atoms with Crippen LogP contribution in [0.2, 0.25) is 0 Å². The van der Waals surface area contributed by atoms with Crippen molar-refractivity contribution in [2.75, 3.05) is 27.4 Å². The summed E-state index contributed by atoms with van der Waals surface area (Å²) in [5.74, 6) is -0.305. The van der Waals surface area contributed by atoms with E-state index in [-0.39, 0.29) is 30.2 Å². The van der Waals surface area contributed by atoms with Gasteiger partial charge >= 0.3 is 5.97 Å². The van der Waals surface area contributed by atoms with Gasteiger partial charge in [0.2, 0.25) is 0 Å². The van der Waals surface area contributed by atoms with E-state index in [1.165, 1.54) is 6.92 Å². The van der Waals surface area contributed by atoms with Crippen LogP contribution in [0.1, 0.15) is 33.1 Å². The van der Waals surface area contributed by atoms with E-state index >= 15 is 0 Å².